The first kappa shape index (κ1) is 22.3. The van der Waals surface area contributed by atoms with Gasteiger partial charge in [-0.3, -0.25) is 0 Å². The molecule has 0 aromatic heterocycles. The molecule has 0 aliphatic carbocycles. The molecule has 0 N–H and O–H groups in total. The van der Waals surface area contributed by atoms with E-state index in [1.165, 1.54) is 0 Å². The summed E-state index contributed by atoms with van der Waals surface area (Å²) in [6.45, 7) is 5.50. The molecule has 0 fully saturated rings. The molecule has 3 aromatic rings. The van der Waals surface area contributed by atoms with Crippen LogP contribution in [0.5, 0.6) is 0 Å². The Kier molecular flexibility index (Phi) is 6.81. The third-order valence-electron chi connectivity index (χ3n) is 5.29. The van der Waals surface area contributed by atoms with Crippen molar-refractivity contribution >= 4 is 39.1 Å². The van der Waals surface area contributed by atoms with Gasteiger partial charge in [-0.15, -0.1) is 0 Å². The molecule has 0 bridgehead atoms. The number of rotatable bonds is 7. The zero-order valence-corrected chi connectivity index (χ0v) is 19.3. The maximum atomic E-state index is 12.5. The van der Waals surface area contributed by atoms with Crippen LogP contribution in [0.4, 0.5) is 0 Å². The standard InChI is InChI=1S/C26H28ClO2P/c1-21(2)29-26(28)22(3)19-20-30(27,23-13-7-4-8-14-23,24-15-9-5-10-16-24)25-17-11-6-12-18-25/h4-19,21H,20H2,1-3H3. The average molecular weight is 439 g/mol. The zero-order chi connectivity index (χ0) is 21.6. The van der Waals surface area contributed by atoms with E-state index in [0.717, 1.165) is 15.9 Å². The summed E-state index contributed by atoms with van der Waals surface area (Å²) in [6.07, 6.45) is 2.30. The van der Waals surface area contributed by atoms with Crippen LogP contribution in [0.3, 0.4) is 0 Å². The van der Waals surface area contributed by atoms with Crippen molar-refractivity contribution in [1.82, 2.24) is 0 Å². The average Bonchev–Trinajstić information content (AvgIpc) is 2.78. The Labute approximate surface area is 184 Å². The van der Waals surface area contributed by atoms with Crippen molar-refractivity contribution in [3.8, 4) is 0 Å². The summed E-state index contributed by atoms with van der Waals surface area (Å²) in [6, 6.07) is 30.7. The summed E-state index contributed by atoms with van der Waals surface area (Å²) in [5.74, 6) is -3.70. The minimum absolute atomic E-state index is 0.163. The molecule has 0 aliphatic rings. The molecule has 0 unspecified atom stereocenters. The van der Waals surface area contributed by atoms with Crippen LogP contribution < -0.4 is 15.9 Å². The molecule has 156 valence electrons. The Hall–Kier alpha value is -2.41. The monoisotopic (exact) mass is 438 g/mol. The van der Waals surface area contributed by atoms with Gasteiger partial charge in [-0.25, -0.2) is 0 Å². The van der Waals surface area contributed by atoms with Crippen molar-refractivity contribution in [3.05, 3.63) is 103 Å². The Morgan fingerprint density at radius 1 is 0.833 bits per heavy atom. The first-order valence-corrected chi connectivity index (χ1v) is 13.5. The van der Waals surface area contributed by atoms with Crippen molar-refractivity contribution in [2.75, 3.05) is 6.16 Å². The Morgan fingerprint density at radius 3 is 1.53 bits per heavy atom. The topological polar surface area (TPSA) is 26.3 Å². The second-order valence-electron chi connectivity index (χ2n) is 7.71. The molecule has 0 saturated carbocycles. The molecular formula is C26H28ClO2P. The molecule has 3 aromatic carbocycles. The van der Waals surface area contributed by atoms with Gasteiger partial charge in [0.2, 0.25) is 0 Å². The van der Waals surface area contributed by atoms with Crippen LogP contribution in [0, 0.1) is 0 Å². The molecule has 0 aliphatic heterocycles. The van der Waals surface area contributed by atoms with Gasteiger partial charge in [0.05, 0.1) is 0 Å². The molecule has 0 amide bonds. The quantitative estimate of drug-likeness (QED) is 0.274. The van der Waals surface area contributed by atoms with Gasteiger partial charge in [-0.2, -0.15) is 0 Å². The summed E-state index contributed by atoms with van der Waals surface area (Å²) in [4.78, 5) is 12.5. The van der Waals surface area contributed by atoms with Gasteiger partial charge in [0, 0.05) is 0 Å². The Bertz CT molecular complexity index is 915. The van der Waals surface area contributed by atoms with Crippen LogP contribution in [-0.4, -0.2) is 18.2 Å². The van der Waals surface area contributed by atoms with E-state index >= 15 is 0 Å². The summed E-state index contributed by atoms with van der Waals surface area (Å²) in [7, 11) is 0. The summed E-state index contributed by atoms with van der Waals surface area (Å²) in [5.41, 5.74) is 0.571. The molecular weight excluding hydrogens is 411 g/mol. The summed E-state index contributed by atoms with van der Waals surface area (Å²) < 4.78 is 5.39. The predicted octanol–water partition coefficient (Wildman–Crippen LogP) is 5.57. The number of esters is 1. The zero-order valence-electron chi connectivity index (χ0n) is 17.7. The van der Waals surface area contributed by atoms with Crippen LogP contribution in [0.15, 0.2) is 103 Å². The number of halogens is 1. The van der Waals surface area contributed by atoms with E-state index in [9.17, 15) is 4.79 Å². The van der Waals surface area contributed by atoms with Gasteiger partial charge >= 0.3 is 184 Å². The first-order chi connectivity index (χ1) is 14.4. The van der Waals surface area contributed by atoms with E-state index in [1.807, 2.05) is 74.5 Å². The number of hydrogen-bond acceptors (Lipinski definition) is 2. The van der Waals surface area contributed by atoms with Crippen LogP contribution in [0.2, 0.25) is 0 Å². The fourth-order valence-corrected chi connectivity index (χ4v) is 9.42. The minimum atomic E-state index is -3.40. The van der Waals surface area contributed by atoms with Gasteiger partial charge in [0.1, 0.15) is 0 Å². The van der Waals surface area contributed by atoms with Gasteiger partial charge in [-0.1, -0.05) is 0 Å². The van der Waals surface area contributed by atoms with Crippen molar-refractivity contribution in [3.63, 3.8) is 0 Å². The number of allylic oxidation sites excluding steroid dienone is 1. The van der Waals surface area contributed by atoms with Crippen molar-refractivity contribution in [2.45, 2.75) is 26.9 Å². The van der Waals surface area contributed by atoms with E-state index in [-0.39, 0.29) is 12.1 Å². The molecule has 4 heteroatoms. The van der Waals surface area contributed by atoms with Crippen LogP contribution in [0.25, 0.3) is 0 Å². The van der Waals surface area contributed by atoms with E-state index in [0.29, 0.717) is 11.7 Å². The van der Waals surface area contributed by atoms with Crippen LogP contribution in [-0.2, 0) is 9.53 Å². The number of carbonyl (C=O) groups is 1. The molecule has 3 rings (SSSR count). The third-order valence-corrected chi connectivity index (χ3v) is 12.5. The fourth-order valence-electron chi connectivity index (χ4n) is 3.68. The second-order valence-corrected chi connectivity index (χ2v) is 14.2. The SMILES string of the molecule is CC(=CCP(Cl)(c1ccccc1)(c1ccccc1)c1ccccc1)C(=O)OC(C)C. The van der Waals surface area contributed by atoms with Crippen LogP contribution >= 0.6 is 17.2 Å². The maximum absolute atomic E-state index is 12.5. The molecule has 0 radical (unpaired) electrons. The van der Waals surface area contributed by atoms with E-state index in [4.69, 9.17) is 16.0 Å². The fraction of sp³-hybridized carbons (Fsp3) is 0.192. The molecule has 0 spiro atoms. The third kappa shape index (κ3) is 4.21. The van der Waals surface area contributed by atoms with Gasteiger partial charge in [-0.05, 0) is 0 Å². The van der Waals surface area contributed by atoms with Crippen LogP contribution in [0.1, 0.15) is 20.8 Å². The molecule has 0 heterocycles. The van der Waals surface area contributed by atoms with E-state index in [2.05, 4.69) is 36.4 Å². The van der Waals surface area contributed by atoms with Crippen molar-refractivity contribution in [2.24, 2.45) is 0 Å². The van der Waals surface area contributed by atoms with Crippen molar-refractivity contribution < 1.29 is 9.53 Å². The number of hydrogen-bond donors (Lipinski definition) is 0. The Morgan fingerprint density at radius 2 is 1.20 bits per heavy atom. The van der Waals surface area contributed by atoms with Crippen molar-refractivity contribution in [1.29, 1.82) is 0 Å². The first-order valence-electron chi connectivity index (χ1n) is 10.1. The van der Waals surface area contributed by atoms with Gasteiger partial charge in [0.15, 0.2) is 0 Å². The number of ether oxygens (including phenoxy) is 1. The number of benzene rings is 3. The molecule has 0 atom stereocenters. The number of carbonyl (C=O) groups excluding carboxylic acids is 1. The second kappa shape index (κ2) is 9.16. The van der Waals surface area contributed by atoms with Gasteiger partial charge < -0.3 is 0 Å². The molecule has 2 nitrogen and oxygen atoms in total. The van der Waals surface area contributed by atoms with E-state index in [1.54, 1.807) is 6.92 Å². The molecule has 0 saturated heterocycles. The molecule has 30 heavy (non-hydrogen) atoms. The predicted molar refractivity (Wildman–Crippen MR) is 131 cm³/mol. The normalized spacial score (nSPS) is 13.5. The summed E-state index contributed by atoms with van der Waals surface area (Å²) >= 11 is 7.96. The summed E-state index contributed by atoms with van der Waals surface area (Å²) in [5, 5.41) is 3.22. The van der Waals surface area contributed by atoms with Gasteiger partial charge in [0.25, 0.3) is 0 Å². The van der Waals surface area contributed by atoms with E-state index < -0.39 is 5.96 Å². The Balaban J connectivity index is 2.27.